The quantitative estimate of drug-likeness (QED) is 0.0195. The summed E-state index contributed by atoms with van der Waals surface area (Å²) in [7, 11) is 1.16. The Morgan fingerprint density at radius 2 is 0.740 bits per heavy atom. The molecule has 0 aliphatic rings. The molecule has 0 saturated heterocycles. The van der Waals surface area contributed by atoms with Crippen molar-refractivity contribution in [2.24, 2.45) is 0 Å². The van der Waals surface area contributed by atoms with Crippen LogP contribution in [0.4, 0.5) is 0 Å². The molecule has 0 rings (SSSR count). The van der Waals surface area contributed by atoms with E-state index in [1.807, 2.05) is 21.1 Å². The molecule has 0 amide bonds. The number of likely N-dealkylation sites (N-methyl/N-ethyl adjacent to an activating group) is 1. The fourth-order valence-corrected chi connectivity index (χ4v) is 9.25. The first-order valence-corrected chi connectivity index (χ1v) is 32.0. The molecule has 0 bridgehead atoms. The molecule has 0 aliphatic heterocycles. The predicted molar refractivity (Wildman–Crippen MR) is 310 cm³/mol. The van der Waals surface area contributed by atoms with Crippen LogP contribution >= 0.6 is 7.82 Å². The van der Waals surface area contributed by atoms with Crippen LogP contribution in [0.25, 0.3) is 0 Å². The lowest BCUT2D eigenvalue weighted by Crippen LogP contribution is -2.37. The van der Waals surface area contributed by atoms with Crippen LogP contribution in [-0.2, 0) is 32.7 Å². The number of esters is 2. The Kier molecular flexibility index (Phi) is 52.8. The van der Waals surface area contributed by atoms with Crippen molar-refractivity contribution in [3.05, 3.63) is 60.8 Å². The predicted octanol–water partition coefficient (Wildman–Crippen LogP) is 18.5. The van der Waals surface area contributed by atoms with Gasteiger partial charge in [-0.15, -0.1) is 0 Å². The number of carbonyl (C=O) groups excluding carboxylic acids is 2. The monoisotopic (exact) mass is 1050 g/mol. The van der Waals surface area contributed by atoms with E-state index < -0.39 is 26.5 Å². The zero-order valence-corrected chi connectivity index (χ0v) is 49.2. The molecule has 2 unspecified atom stereocenters. The third-order valence-corrected chi connectivity index (χ3v) is 14.2. The summed E-state index contributed by atoms with van der Waals surface area (Å²) in [6.45, 7) is 4.23. The highest BCUT2D eigenvalue weighted by Crippen LogP contribution is 2.38. The zero-order valence-electron chi connectivity index (χ0n) is 48.3. The number of quaternary nitrogens is 1. The Balaban J connectivity index is 4.09. The molecule has 0 radical (unpaired) electrons. The Hall–Kier alpha value is -2.29. The second-order valence-corrected chi connectivity index (χ2v) is 23.1. The van der Waals surface area contributed by atoms with Crippen LogP contribution in [-0.4, -0.2) is 70.0 Å². The zero-order chi connectivity index (χ0) is 53.5. The fraction of sp³-hybridized carbons (Fsp3) is 0.810. The SMILES string of the molecule is CCCCCC/C=C\C/C=C\CCCCCCCCCC(=O)OCC(COP(=O)([O-])OCC[N+](C)(C)C)OC(=O)CCCCCCCCCCCCCCCCCC/C=C\C/C=C\C/C=C\CCCCCCC. The lowest BCUT2D eigenvalue weighted by Gasteiger charge is -2.28. The highest BCUT2D eigenvalue weighted by molar-refractivity contribution is 7.45. The molecule has 0 aromatic rings. The van der Waals surface area contributed by atoms with Gasteiger partial charge in [0.15, 0.2) is 6.10 Å². The van der Waals surface area contributed by atoms with Crippen LogP contribution in [0, 0.1) is 0 Å². The lowest BCUT2D eigenvalue weighted by molar-refractivity contribution is -0.870. The number of carbonyl (C=O) groups is 2. The highest BCUT2D eigenvalue weighted by Gasteiger charge is 2.22. The van der Waals surface area contributed by atoms with Gasteiger partial charge in [0.05, 0.1) is 27.7 Å². The van der Waals surface area contributed by atoms with Crippen LogP contribution in [0.15, 0.2) is 60.8 Å². The Labute approximate surface area is 451 Å². The first-order valence-electron chi connectivity index (χ1n) is 30.5. The second kappa shape index (κ2) is 54.5. The number of hydrogen-bond donors (Lipinski definition) is 0. The summed E-state index contributed by atoms with van der Waals surface area (Å²) in [5, 5.41) is 0. The Bertz CT molecular complexity index is 1420. The van der Waals surface area contributed by atoms with Gasteiger partial charge in [-0.05, 0) is 83.5 Å². The minimum absolute atomic E-state index is 0.0329. The minimum atomic E-state index is -4.64. The van der Waals surface area contributed by atoms with E-state index in [-0.39, 0.29) is 32.0 Å². The van der Waals surface area contributed by atoms with Gasteiger partial charge in [0.1, 0.15) is 19.8 Å². The molecule has 0 aliphatic carbocycles. The number of phosphoric ester groups is 1. The molecule has 73 heavy (non-hydrogen) atoms. The molecule has 0 aromatic carbocycles. The summed E-state index contributed by atoms with van der Waals surface area (Å²) in [6, 6.07) is 0. The van der Waals surface area contributed by atoms with E-state index in [0.29, 0.717) is 17.4 Å². The van der Waals surface area contributed by atoms with Gasteiger partial charge in [-0.3, -0.25) is 14.2 Å². The minimum Gasteiger partial charge on any atom is -0.756 e. The first kappa shape index (κ1) is 70.7. The Morgan fingerprint density at radius 1 is 0.425 bits per heavy atom. The van der Waals surface area contributed by atoms with Crippen molar-refractivity contribution in [3.8, 4) is 0 Å². The van der Waals surface area contributed by atoms with Crippen molar-refractivity contribution in [1.29, 1.82) is 0 Å². The normalized spacial score (nSPS) is 13.7. The molecule has 426 valence electrons. The van der Waals surface area contributed by atoms with Gasteiger partial charge in [0.25, 0.3) is 7.82 Å². The highest BCUT2D eigenvalue weighted by atomic mass is 31.2. The number of ether oxygens (including phenoxy) is 2. The van der Waals surface area contributed by atoms with Crippen molar-refractivity contribution >= 4 is 19.8 Å². The molecule has 0 spiro atoms. The van der Waals surface area contributed by atoms with Crippen LogP contribution in [0.2, 0.25) is 0 Å². The van der Waals surface area contributed by atoms with Crippen molar-refractivity contribution in [3.63, 3.8) is 0 Å². The van der Waals surface area contributed by atoms with Gasteiger partial charge >= 0.3 is 11.9 Å². The molecule has 9 nitrogen and oxygen atoms in total. The maximum absolute atomic E-state index is 12.8. The number of phosphoric acid groups is 1. The summed E-state index contributed by atoms with van der Waals surface area (Å²) in [5.74, 6) is -0.835. The average molecular weight is 1050 g/mol. The third kappa shape index (κ3) is 58.8. The third-order valence-electron chi connectivity index (χ3n) is 13.3. The number of nitrogens with zero attached hydrogens (tertiary/aromatic N) is 1. The van der Waals surface area contributed by atoms with Crippen LogP contribution in [0.5, 0.6) is 0 Å². The van der Waals surface area contributed by atoms with Crippen molar-refractivity contribution in [2.45, 2.75) is 283 Å². The van der Waals surface area contributed by atoms with E-state index in [0.717, 1.165) is 70.6 Å². The number of unbranched alkanes of at least 4 members (excludes halogenated alkanes) is 32. The van der Waals surface area contributed by atoms with E-state index in [9.17, 15) is 19.0 Å². The number of rotatable bonds is 56. The number of allylic oxidation sites excluding steroid dienone is 10. The van der Waals surface area contributed by atoms with Crippen molar-refractivity contribution in [2.75, 3.05) is 47.5 Å². The van der Waals surface area contributed by atoms with E-state index >= 15 is 0 Å². The van der Waals surface area contributed by atoms with Gasteiger partial charge < -0.3 is 27.9 Å². The standard InChI is InChI=1S/C63H116NO8P/c1-6-8-10-12-14-16-18-20-22-24-26-27-28-29-30-31-32-33-34-35-36-37-38-40-42-44-46-48-50-52-54-56-63(66)72-61(60-71-73(67,68)70-58-57-64(3,4)5)59-69-62(65)55-53-51-49-47-45-43-41-39-25-23-21-19-17-15-13-11-9-7-2/h17-20,23-26,28-29,61H,6-16,21-22,27,30-60H2,1-5H3/b19-17-,20-18-,25-23-,26-24-,29-28-. The maximum atomic E-state index is 12.8. The summed E-state index contributed by atoms with van der Waals surface area (Å²) < 4.78 is 34.2. The van der Waals surface area contributed by atoms with E-state index in [4.69, 9.17) is 18.5 Å². The van der Waals surface area contributed by atoms with Gasteiger partial charge in [-0.2, -0.15) is 0 Å². The molecule has 0 fully saturated rings. The van der Waals surface area contributed by atoms with E-state index in [2.05, 4.69) is 74.6 Å². The molecule has 10 heteroatoms. The molecule has 2 atom stereocenters. The van der Waals surface area contributed by atoms with Gasteiger partial charge in [-0.25, -0.2) is 0 Å². The molecule has 0 N–H and O–H groups in total. The van der Waals surface area contributed by atoms with Gasteiger partial charge in [-0.1, -0.05) is 242 Å². The maximum Gasteiger partial charge on any atom is 0.306 e. The average Bonchev–Trinajstić information content (AvgIpc) is 3.35. The lowest BCUT2D eigenvalue weighted by atomic mass is 10.0. The van der Waals surface area contributed by atoms with Gasteiger partial charge in [0, 0.05) is 12.8 Å². The molecular weight excluding hydrogens is 930 g/mol. The van der Waals surface area contributed by atoms with Crippen LogP contribution in [0.1, 0.15) is 277 Å². The topological polar surface area (TPSA) is 111 Å². The van der Waals surface area contributed by atoms with Crippen molar-refractivity contribution < 1.29 is 42.1 Å². The molecular formula is C63H116NO8P. The Morgan fingerprint density at radius 3 is 1.11 bits per heavy atom. The molecule has 0 heterocycles. The van der Waals surface area contributed by atoms with Gasteiger partial charge in [0.2, 0.25) is 0 Å². The summed E-state index contributed by atoms with van der Waals surface area (Å²) >= 11 is 0. The first-order chi connectivity index (χ1) is 35.5. The van der Waals surface area contributed by atoms with Crippen LogP contribution < -0.4 is 4.89 Å². The largest absolute Gasteiger partial charge is 0.756 e. The smallest absolute Gasteiger partial charge is 0.306 e. The van der Waals surface area contributed by atoms with E-state index in [1.54, 1.807) is 0 Å². The fourth-order valence-electron chi connectivity index (χ4n) is 8.52. The summed E-state index contributed by atoms with van der Waals surface area (Å²) in [6.07, 6.45) is 69.9. The molecule has 0 saturated carbocycles. The summed E-state index contributed by atoms with van der Waals surface area (Å²) in [4.78, 5) is 37.9. The second-order valence-electron chi connectivity index (χ2n) is 21.7. The molecule has 0 aromatic heterocycles. The summed E-state index contributed by atoms with van der Waals surface area (Å²) in [5.41, 5.74) is 0. The number of hydrogen-bond acceptors (Lipinski definition) is 8. The van der Waals surface area contributed by atoms with Crippen LogP contribution in [0.3, 0.4) is 0 Å². The van der Waals surface area contributed by atoms with E-state index in [1.165, 1.54) is 173 Å². The van der Waals surface area contributed by atoms with Crippen molar-refractivity contribution in [1.82, 2.24) is 0 Å².